The number of aromatic nitrogens is 3. The highest BCUT2D eigenvalue weighted by Gasteiger charge is 2.45. The molecule has 2 aliphatic rings. The Kier molecular flexibility index (Phi) is 5.46. The van der Waals surface area contributed by atoms with Crippen molar-refractivity contribution in [2.45, 2.75) is 32.0 Å². The number of pyridine rings is 1. The van der Waals surface area contributed by atoms with Crippen molar-refractivity contribution in [2.24, 2.45) is 0 Å². The maximum atomic E-state index is 13.5. The maximum absolute atomic E-state index is 13.5. The van der Waals surface area contributed by atoms with E-state index in [1.165, 1.54) is 6.07 Å². The van der Waals surface area contributed by atoms with Crippen LogP contribution in [0.1, 0.15) is 47.2 Å². The zero-order chi connectivity index (χ0) is 26.1. The van der Waals surface area contributed by atoms with Crippen LogP contribution in [0.4, 0.5) is 8.78 Å². The largest absolute Gasteiger partial charge is 0.434 e. The molecule has 190 valence electrons. The van der Waals surface area contributed by atoms with Crippen LogP contribution in [0.15, 0.2) is 54.7 Å². The van der Waals surface area contributed by atoms with Gasteiger partial charge in [-0.2, -0.15) is 8.78 Å². The van der Waals surface area contributed by atoms with E-state index in [-0.39, 0.29) is 17.7 Å². The summed E-state index contributed by atoms with van der Waals surface area (Å²) in [5, 5.41) is 0. The highest BCUT2D eigenvalue weighted by molar-refractivity contribution is 7.69. The Hall–Kier alpha value is -3.58. The number of benzene rings is 2. The highest BCUT2D eigenvalue weighted by Crippen LogP contribution is 2.50. The Morgan fingerprint density at radius 3 is 2.57 bits per heavy atom. The molecule has 10 heteroatoms. The van der Waals surface area contributed by atoms with E-state index in [2.05, 4.69) is 9.55 Å². The Bertz CT molecular complexity index is 1600. The van der Waals surface area contributed by atoms with E-state index in [0.29, 0.717) is 29.5 Å². The van der Waals surface area contributed by atoms with E-state index in [1.54, 1.807) is 42.6 Å². The molecule has 0 radical (unpaired) electrons. The number of carbonyl (C=O) groups excluding carboxylic acids is 1. The molecule has 0 N–H and O–H groups in total. The predicted octanol–water partition coefficient (Wildman–Crippen LogP) is 5.46. The van der Waals surface area contributed by atoms with Crippen LogP contribution in [0.5, 0.6) is 5.75 Å². The molecule has 1 unspecified atom stereocenters. The van der Waals surface area contributed by atoms with Crippen LogP contribution in [0.3, 0.4) is 0 Å². The van der Waals surface area contributed by atoms with Gasteiger partial charge in [-0.1, -0.05) is 18.2 Å². The van der Waals surface area contributed by atoms with E-state index in [0.717, 1.165) is 28.0 Å². The van der Waals surface area contributed by atoms with Gasteiger partial charge in [0.25, 0.3) is 5.91 Å². The van der Waals surface area contributed by atoms with Gasteiger partial charge in [-0.25, -0.2) is 4.98 Å². The van der Waals surface area contributed by atoms with Gasteiger partial charge in [0.05, 0.1) is 28.6 Å². The van der Waals surface area contributed by atoms with Gasteiger partial charge in [0.2, 0.25) is 0 Å². The van der Waals surface area contributed by atoms with Crippen molar-refractivity contribution in [1.29, 1.82) is 0 Å². The van der Waals surface area contributed by atoms with E-state index in [1.807, 2.05) is 31.2 Å². The fraction of sp³-hybridized carbons (Fsp3) is 0.296. The van der Waals surface area contributed by atoms with Crippen LogP contribution in [-0.2, 0) is 4.57 Å². The first kappa shape index (κ1) is 23.8. The van der Waals surface area contributed by atoms with Crippen molar-refractivity contribution in [1.82, 2.24) is 19.4 Å². The minimum absolute atomic E-state index is 0.0109. The summed E-state index contributed by atoms with van der Waals surface area (Å²) in [6.45, 7) is 2.73. The first-order valence-electron chi connectivity index (χ1n) is 12.1. The number of ether oxygens (including phenoxy) is 1. The van der Waals surface area contributed by atoms with Crippen LogP contribution in [0, 0.1) is 0 Å². The molecule has 0 saturated heterocycles. The van der Waals surface area contributed by atoms with Crippen molar-refractivity contribution in [3.8, 4) is 16.9 Å². The Morgan fingerprint density at radius 1 is 1.11 bits per heavy atom. The first-order chi connectivity index (χ1) is 17.7. The Morgan fingerprint density at radius 2 is 1.89 bits per heavy atom. The number of hydrogen-bond acceptors (Lipinski definition) is 5. The quantitative estimate of drug-likeness (QED) is 0.326. The number of hydrogen-bond donors (Lipinski definition) is 0. The molecular formula is C27H25F2N4O3P. The summed E-state index contributed by atoms with van der Waals surface area (Å²) < 4.78 is 46.0. The van der Waals surface area contributed by atoms with Gasteiger partial charge < -0.3 is 18.8 Å². The molecule has 6 rings (SSSR count). The lowest BCUT2D eigenvalue weighted by molar-refractivity contribution is -0.0507. The van der Waals surface area contributed by atoms with E-state index < -0.39 is 19.8 Å². The van der Waals surface area contributed by atoms with E-state index in [9.17, 15) is 18.1 Å². The fourth-order valence-electron chi connectivity index (χ4n) is 5.60. The molecule has 1 amide bonds. The summed E-state index contributed by atoms with van der Waals surface area (Å²) in [5.74, 6) is 0.534. The molecule has 4 aromatic rings. The monoisotopic (exact) mass is 522 g/mol. The third-order valence-electron chi connectivity index (χ3n) is 7.23. The third kappa shape index (κ3) is 3.75. The highest BCUT2D eigenvalue weighted by atomic mass is 31.2. The number of nitrogens with zero attached hydrogens (tertiary/aromatic N) is 4. The zero-order valence-electron chi connectivity index (χ0n) is 20.6. The number of fused-ring (bicyclic) bond motifs is 9. The Balaban J connectivity index is 1.54. The number of alkyl halides is 2. The number of rotatable bonds is 5. The number of amides is 1. The summed E-state index contributed by atoms with van der Waals surface area (Å²) >= 11 is 0. The minimum atomic E-state index is -3.01. The summed E-state index contributed by atoms with van der Waals surface area (Å²) in [4.78, 5) is 24.5. The van der Waals surface area contributed by atoms with Gasteiger partial charge >= 0.3 is 6.61 Å². The first-order valence-corrected chi connectivity index (χ1v) is 14.7. The summed E-state index contributed by atoms with van der Waals surface area (Å²) in [6, 6.07) is 13.6. The van der Waals surface area contributed by atoms with Gasteiger partial charge in [-0.15, -0.1) is 0 Å². The van der Waals surface area contributed by atoms with Gasteiger partial charge in [0.1, 0.15) is 18.7 Å². The van der Waals surface area contributed by atoms with Crippen LogP contribution < -0.4 is 10.2 Å². The SMILES string of the molecule is CCN1C(=O)c2cccc(OC(F)F)c2C2C[C@@H]1c1nc3ccc(-c4ccc(P(C)(C)=O)nc4)cc3n12. The number of carbonyl (C=O) groups is 1. The van der Waals surface area contributed by atoms with Gasteiger partial charge in [-0.05, 0) is 56.1 Å². The minimum Gasteiger partial charge on any atom is -0.434 e. The summed E-state index contributed by atoms with van der Waals surface area (Å²) in [7, 11) is -2.47. The molecule has 4 heterocycles. The van der Waals surface area contributed by atoms with E-state index in [4.69, 9.17) is 9.72 Å². The molecule has 0 spiro atoms. The molecule has 2 atom stereocenters. The lowest BCUT2D eigenvalue weighted by Gasteiger charge is -2.27. The van der Waals surface area contributed by atoms with Crippen LogP contribution >= 0.6 is 7.14 Å². The molecule has 37 heavy (non-hydrogen) atoms. The van der Waals surface area contributed by atoms with Crippen LogP contribution in [0.2, 0.25) is 0 Å². The van der Waals surface area contributed by atoms with Crippen molar-refractivity contribution in [2.75, 3.05) is 19.9 Å². The van der Waals surface area contributed by atoms with Gasteiger partial charge in [0.15, 0.2) is 0 Å². The van der Waals surface area contributed by atoms with Crippen molar-refractivity contribution in [3.05, 3.63) is 71.7 Å². The standard InChI is InChI=1S/C27H25F2N4O3P/c1-4-32-21-13-20(24-17(26(32)34)6-5-7-22(24)36-27(28)29)33-19-12-15(8-10-18(19)31-25(21)33)16-9-11-23(30-14-16)37(2,3)35/h5-12,14,20-21,27H,4,13H2,1-3H3/t20?,21-/m1/s1. The Labute approximate surface area is 212 Å². The molecule has 0 fully saturated rings. The fourth-order valence-corrected chi connectivity index (χ4v) is 6.37. The second kappa shape index (κ2) is 8.48. The van der Waals surface area contributed by atoms with Crippen LogP contribution in [-0.4, -0.2) is 51.8 Å². The average molecular weight is 522 g/mol. The molecule has 2 bridgehead atoms. The van der Waals surface area contributed by atoms with E-state index >= 15 is 0 Å². The smallest absolute Gasteiger partial charge is 0.387 e. The predicted molar refractivity (Wildman–Crippen MR) is 137 cm³/mol. The second-order valence-electron chi connectivity index (χ2n) is 9.75. The third-order valence-corrected chi connectivity index (χ3v) is 8.60. The zero-order valence-corrected chi connectivity index (χ0v) is 21.5. The summed E-state index contributed by atoms with van der Waals surface area (Å²) in [5.41, 5.74) is 4.76. The maximum Gasteiger partial charge on any atom is 0.387 e. The normalized spacial score (nSPS) is 18.8. The lowest BCUT2D eigenvalue weighted by Crippen LogP contribution is -2.34. The van der Waals surface area contributed by atoms with Crippen molar-refractivity contribution >= 4 is 29.5 Å². The average Bonchev–Trinajstić information content (AvgIpc) is 3.37. The van der Waals surface area contributed by atoms with Crippen molar-refractivity contribution < 1.29 is 22.9 Å². The molecule has 0 saturated carbocycles. The second-order valence-corrected chi connectivity index (χ2v) is 12.9. The molecule has 7 nitrogen and oxygen atoms in total. The molecule has 2 aliphatic heterocycles. The van der Waals surface area contributed by atoms with Gasteiger partial charge in [-0.3, -0.25) is 9.78 Å². The van der Waals surface area contributed by atoms with Gasteiger partial charge in [0, 0.05) is 35.9 Å². The van der Waals surface area contributed by atoms with Crippen molar-refractivity contribution in [3.63, 3.8) is 0 Å². The molecular weight excluding hydrogens is 497 g/mol. The lowest BCUT2D eigenvalue weighted by atomic mass is 9.97. The number of halogens is 2. The summed E-state index contributed by atoms with van der Waals surface area (Å²) in [6.07, 6.45) is 2.24. The number of imidazole rings is 1. The molecule has 2 aromatic carbocycles. The van der Waals surface area contributed by atoms with Crippen LogP contribution in [0.25, 0.3) is 22.2 Å². The topological polar surface area (TPSA) is 77.3 Å². The molecule has 0 aliphatic carbocycles. The molecule has 2 aromatic heterocycles.